The van der Waals surface area contributed by atoms with Gasteiger partial charge in [0.25, 0.3) is 0 Å². The lowest BCUT2D eigenvalue weighted by molar-refractivity contribution is -0.138. The highest BCUT2D eigenvalue weighted by Crippen LogP contribution is 2.24. The van der Waals surface area contributed by atoms with Crippen molar-refractivity contribution in [3.05, 3.63) is 11.4 Å². The number of hydrogen-bond acceptors (Lipinski definition) is 2. The van der Waals surface area contributed by atoms with E-state index in [9.17, 15) is 0 Å². The van der Waals surface area contributed by atoms with Crippen LogP contribution < -0.4 is 0 Å². The van der Waals surface area contributed by atoms with Crippen LogP contribution in [0, 0.1) is 6.57 Å². The Kier molecular flexibility index (Phi) is 2.17. The molecule has 0 aromatic rings. The van der Waals surface area contributed by atoms with Crippen molar-refractivity contribution in [2.45, 2.75) is 38.7 Å². The molecule has 1 rings (SSSR count). The molecule has 11 heavy (non-hydrogen) atoms. The predicted molar refractivity (Wildman–Crippen MR) is 41.0 cm³/mol. The van der Waals surface area contributed by atoms with E-state index in [2.05, 4.69) is 4.85 Å². The van der Waals surface area contributed by atoms with E-state index in [0.29, 0.717) is 6.61 Å². The topological polar surface area (TPSA) is 22.8 Å². The van der Waals surface area contributed by atoms with Crippen molar-refractivity contribution in [3.63, 3.8) is 0 Å². The monoisotopic (exact) mass is 155 g/mol. The van der Waals surface area contributed by atoms with Crippen LogP contribution in [0.4, 0.5) is 0 Å². The molecule has 0 saturated carbocycles. The molecule has 0 bridgehead atoms. The van der Waals surface area contributed by atoms with Gasteiger partial charge in [0.1, 0.15) is 0 Å². The van der Waals surface area contributed by atoms with Crippen LogP contribution in [0.1, 0.15) is 20.8 Å². The first-order valence-electron chi connectivity index (χ1n) is 3.73. The minimum atomic E-state index is -0.496. The summed E-state index contributed by atoms with van der Waals surface area (Å²) in [5.74, 6) is -0.496. The smallest absolute Gasteiger partial charge is 0.249 e. The highest BCUT2D eigenvalue weighted by Gasteiger charge is 2.38. The number of hydrogen-bond donors (Lipinski definition) is 0. The molecule has 1 aliphatic rings. The summed E-state index contributed by atoms with van der Waals surface area (Å²) in [5.41, 5.74) is 0. The third kappa shape index (κ3) is 1.92. The fourth-order valence-electron chi connectivity index (χ4n) is 1.04. The summed E-state index contributed by atoms with van der Waals surface area (Å²) in [7, 11) is 0. The second-order valence-electron chi connectivity index (χ2n) is 3.24. The lowest BCUT2D eigenvalue weighted by Gasteiger charge is -2.16. The second kappa shape index (κ2) is 2.80. The third-order valence-corrected chi connectivity index (χ3v) is 1.77. The van der Waals surface area contributed by atoms with Crippen LogP contribution in [0.15, 0.2) is 0 Å². The molecular formula is C8H13NO2. The van der Waals surface area contributed by atoms with Crippen molar-refractivity contribution < 1.29 is 9.47 Å². The molecule has 1 heterocycles. The molecule has 62 valence electrons. The summed E-state index contributed by atoms with van der Waals surface area (Å²) in [6.45, 7) is 12.9. The van der Waals surface area contributed by atoms with Gasteiger partial charge in [0.05, 0.1) is 6.61 Å². The molecule has 3 nitrogen and oxygen atoms in total. The van der Waals surface area contributed by atoms with Gasteiger partial charge < -0.3 is 14.3 Å². The molecule has 0 amide bonds. The van der Waals surface area contributed by atoms with Gasteiger partial charge in [-0.05, 0) is 13.8 Å². The first kappa shape index (κ1) is 8.51. The Balaban J connectivity index is 2.50. The zero-order valence-electron chi connectivity index (χ0n) is 7.13. The standard InChI is InChI=1S/C8H13NO2/c1-6(9-4)7-5-10-8(2,3)11-7/h6-7H,5H2,1-3H3. The normalized spacial score (nSPS) is 31.3. The van der Waals surface area contributed by atoms with Crippen LogP contribution in [0.25, 0.3) is 4.85 Å². The van der Waals surface area contributed by atoms with Crippen molar-refractivity contribution in [2.75, 3.05) is 6.61 Å². The zero-order chi connectivity index (χ0) is 8.48. The van der Waals surface area contributed by atoms with Crippen molar-refractivity contribution in [1.29, 1.82) is 0 Å². The van der Waals surface area contributed by atoms with E-state index >= 15 is 0 Å². The van der Waals surface area contributed by atoms with Gasteiger partial charge in [-0.25, -0.2) is 6.57 Å². The first-order chi connectivity index (χ1) is 5.05. The van der Waals surface area contributed by atoms with E-state index in [0.717, 1.165) is 0 Å². The van der Waals surface area contributed by atoms with Crippen LogP contribution in [0.5, 0.6) is 0 Å². The quantitative estimate of drug-likeness (QED) is 0.535. The van der Waals surface area contributed by atoms with Crippen LogP contribution in [0.2, 0.25) is 0 Å². The molecule has 0 aliphatic carbocycles. The molecule has 1 fully saturated rings. The van der Waals surface area contributed by atoms with Gasteiger partial charge in [0.15, 0.2) is 11.9 Å². The molecule has 2 unspecified atom stereocenters. The van der Waals surface area contributed by atoms with Gasteiger partial charge in [-0.2, -0.15) is 0 Å². The van der Waals surface area contributed by atoms with E-state index in [1.54, 1.807) is 0 Å². The highest BCUT2D eigenvalue weighted by molar-refractivity contribution is 4.86. The summed E-state index contributed by atoms with van der Waals surface area (Å²) < 4.78 is 10.8. The third-order valence-electron chi connectivity index (χ3n) is 1.77. The maximum atomic E-state index is 6.79. The molecule has 0 radical (unpaired) electrons. The number of ether oxygens (including phenoxy) is 2. The average molecular weight is 155 g/mol. The first-order valence-corrected chi connectivity index (χ1v) is 3.73. The molecule has 0 N–H and O–H groups in total. The molecule has 0 spiro atoms. The van der Waals surface area contributed by atoms with Crippen LogP contribution in [-0.2, 0) is 9.47 Å². The fourth-order valence-corrected chi connectivity index (χ4v) is 1.04. The van der Waals surface area contributed by atoms with E-state index < -0.39 is 5.79 Å². The Bertz CT molecular complexity index is 183. The molecule has 0 aromatic heterocycles. The molecule has 3 heteroatoms. The van der Waals surface area contributed by atoms with Crippen molar-refractivity contribution in [3.8, 4) is 0 Å². The maximum Gasteiger partial charge on any atom is 0.249 e. The van der Waals surface area contributed by atoms with Gasteiger partial charge >= 0.3 is 0 Å². The largest absolute Gasteiger partial charge is 0.347 e. The lowest BCUT2D eigenvalue weighted by Crippen LogP contribution is -2.26. The van der Waals surface area contributed by atoms with E-state index in [-0.39, 0.29) is 12.1 Å². The highest BCUT2D eigenvalue weighted by atomic mass is 16.7. The molecule has 1 saturated heterocycles. The minimum absolute atomic E-state index is 0.0532. The second-order valence-corrected chi connectivity index (χ2v) is 3.24. The zero-order valence-corrected chi connectivity index (χ0v) is 7.13. The number of rotatable bonds is 1. The maximum absolute atomic E-state index is 6.79. The Hall–Kier alpha value is -0.590. The summed E-state index contributed by atoms with van der Waals surface area (Å²) in [6.07, 6.45) is -0.0532. The molecule has 2 atom stereocenters. The van der Waals surface area contributed by atoms with Crippen molar-refractivity contribution >= 4 is 0 Å². The van der Waals surface area contributed by atoms with Crippen LogP contribution in [0.3, 0.4) is 0 Å². The average Bonchev–Trinajstić information content (AvgIpc) is 2.29. The van der Waals surface area contributed by atoms with Gasteiger partial charge in [0, 0.05) is 6.92 Å². The van der Waals surface area contributed by atoms with Gasteiger partial charge in [-0.1, -0.05) is 0 Å². The number of nitrogens with zero attached hydrogens (tertiary/aromatic N) is 1. The molecular weight excluding hydrogens is 142 g/mol. The predicted octanol–water partition coefficient (Wildman–Crippen LogP) is 1.45. The van der Waals surface area contributed by atoms with Crippen molar-refractivity contribution in [1.82, 2.24) is 0 Å². The van der Waals surface area contributed by atoms with Crippen molar-refractivity contribution in [2.24, 2.45) is 0 Å². The van der Waals surface area contributed by atoms with E-state index in [4.69, 9.17) is 16.0 Å². The van der Waals surface area contributed by atoms with E-state index in [1.165, 1.54) is 0 Å². The SMILES string of the molecule is [C-]#[N+]C(C)C1COC(C)(C)O1. The molecule has 1 aliphatic heterocycles. The fraction of sp³-hybridized carbons (Fsp3) is 0.875. The summed E-state index contributed by atoms with van der Waals surface area (Å²) in [5, 5.41) is 0. The van der Waals surface area contributed by atoms with Gasteiger partial charge in [0.2, 0.25) is 6.04 Å². The summed E-state index contributed by atoms with van der Waals surface area (Å²) in [4.78, 5) is 3.38. The summed E-state index contributed by atoms with van der Waals surface area (Å²) >= 11 is 0. The lowest BCUT2D eigenvalue weighted by atomic mass is 10.2. The molecule has 0 aromatic carbocycles. The van der Waals surface area contributed by atoms with Crippen LogP contribution in [-0.4, -0.2) is 24.5 Å². The Morgan fingerprint density at radius 2 is 2.27 bits per heavy atom. The minimum Gasteiger partial charge on any atom is -0.347 e. The Morgan fingerprint density at radius 1 is 1.64 bits per heavy atom. The Morgan fingerprint density at radius 3 is 2.64 bits per heavy atom. The Labute approximate surface area is 67.1 Å². The summed E-state index contributed by atoms with van der Waals surface area (Å²) in [6, 6.07) is -0.100. The van der Waals surface area contributed by atoms with Gasteiger partial charge in [-0.15, -0.1) is 0 Å². The van der Waals surface area contributed by atoms with E-state index in [1.807, 2.05) is 20.8 Å². The van der Waals surface area contributed by atoms with Gasteiger partial charge in [-0.3, -0.25) is 0 Å². The van der Waals surface area contributed by atoms with Crippen LogP contribution >= 0.6 is 0 Å².